The first-order chi connectivity index (χ1) is 9.45. The molecule has 5 heteroatoms. The summed E-state index contributed by atoms with van der Waals surface area (Å²) in [7, 11) is 5.67. The zero-order valence-electron chi connectivity index (χ0n) is 12.3. The summed E-state index contributed by atoms with van der Waals surface area (Å²) in [4.78, 5) is 18.7. The summed E-state index contributed by atoms with van der Waals surface area (Å²) >= 11 is 0. The van der Waals surface area contributed by atoms with Crippen molar-refractivity contribution in [2.75, 3.05) is 24.7 Å². The van der Waals surface area contributed by atoms with Crippen LogP contribution >= 0.6 is 0 Å². The molecule has 5 nitrogen and oxygen atoms in total. The van der Waals surface area contributed by atoms with Crippen molar-refractivity contribution >= 4 is 11.4 Å². The Morgan fingerprint density at radius 1 is 1.25 bits per heavy atom. The van der Waals surface area contributed by atoms with Crippen molar-refractivity contribution in [1.29, 1.82) is 0 Å². The Kier molecular flexibility index (Phi) is 3.79. The number of benzene rings is 1. The molecular weight excluding hydrogens is 252 g/mol. The molecule has 0 radical (unpaired) electrons. The molecule has 20 heavy (non-hydrogen) atoms. The number of aryl methyl sites for hydroxylation is 1. The first-order valence-electron chi connectivity index (χ1n) is 6.58. The predicted molar refractivity (Wildman–Crippen MR) is 83.0 cm³/mol. The highest BCUT2D eigenvalue weighted by molar-refractivity contribution is 5.62. The van der Waals surface area contributed by atoms with Gasteiger partial charge < -0.3 is 10.6 Å². The monoisotopic (exact) mass is 272 g/mol. The number of hydrogen-bond acceptors (Lipinski definition) is 4. The van der Waals surface area contributed by atoms with Crippen LogP contribution in [-0.4, -0.2) is 23.6 Å². The van der Waals surface area contributed by atoms with Crippen LogP contribution in [0.1, 0.15) is 12.6 Å². The van der Waals surface area contributed by atoms with E-state index in [0.717, 1.165) is 11.3 Å². The quantitative estimate of drug-likeness (QED) is 0.923. The molecule has 0 aliphatic rings. The number of nitrogens with zero attached hydrogens (tertiary/aromatic N) is 3. The number of anilines is 2. The van der Waals surface area contributed by atoms with Gasteiger partial charge in [0, 0.05) is 32.4 Å². The molecule has 0 saturated carbocycles. The van der Waals surface area contributed by atoms with Gasteiger partial charge in [0.1, 0.15) is 11.5 Å². The molecule has 2 N–H and O–H groups in total. The van der Waals surface area contributed by atoms with Crippen LogP contribution in [0.15, 0.2) is 29.1 Å². The molecule has 0 bridgehead atoms. The average molecular weight is 272 g/mol. The summed E-state index contributed by atoms with van der Waals surface area (Å²) < 4.78 is 1.50. The van der Waals surface area contributed by atoms with E-state index in [9.17, 15) is 4.79 Å². The zero-order valence-corrected chi connectivity index (χ0v) is 12.3. The van der Waals surface area contributed by atoms with Gasteiger partial charge in [-0.05, 0) is 30.7 Å². The van der Waals surface area contributed by atoms with Crippen LogP contribution in [0.4, 0.5) is 11.4 Å². The molecule has 0 aliphatic heterocycles. The van der Waals surface area contributed by atoms with E-state index in [2.05, 4.69) is 4.98 Å². The summed E-state index contributed by atoms with van der Waals surface area (Å²) in [5.41, 5.74) is 8.51. The Bertz CT molecular complexity index is 672. The molecule has 0 amide bonds. The van der Waals surface area contributed by atoms with Gasteiger partial charge in [0.15, 0.2) is 0 Å². The standard InChI is InChI=1S/C15H20N4O/c1-5-12-13(16)15(20)19(4)14(17-12)10-6-8-11(9-7-10)18(2)3/h6-9H,5,16H2,1-4H3. The third kappa shape index (κ3) is 2.39. The first-order valence-corrected chi connectivity index (χ1v) is 6.58. The van der Waals surface area contributed by atoms with Crippen LogP contribution in [0.5, 0.6) is 0 Å². The highest BCUT2D eigenvalue weighted by atomic mass is 16.1. The Hall–Kier alpha value is -2.30. The second kappa shape index (κ2) is 5.36. The zero-order chi connectivity index (χ0) is 14.9. The molecule has 0 spiro atoms. The lowest BCUT2D eigenvalue weighted by molar-refractivity contribution is 0.821. The minimum absolute atomic E-state index is 0.191. The van der Waals surface area contributed by atoms with E-state index in [0.29, 0.717) is 17.9 Å². The van der Waals surface area contributed by atoms with E-state index >= 15 is 0 Å². The molecule has 0 aliphatic carbocycles. The fourth-order valence-electron chi connectivity index (χ4n) is 2.10. The van der Waals surface area contributed by atoms with Crippen LogP contribution in [0, 0.1) is 0 Å². The second-order valence-electron chi connectivity index (χ2n) is 4.95. The Labute approximate surface area is 118 Å². The van der Waals surface area contributed by atoms with Crippen molar-refractivity contribution in [2.24, 2.45) is 7.05 Å². The lowest BCUT2D eigenvalue weighted by Gasteiger charge is -2.14. The van der Waals surface area contributed by atoms with E-state index in [1.54, 1.807) is 7.05 Å². The lowest BCUT2D eigenvalue weighted by Crippen LogP contribution is -2.25. The molecular formula is C15H20N4O. The fourth-order valence-corrected chi connectivity index (χ4v) is 2.10. The average Bonchev–Trinajstić information content (AvgIpc) is 2.45. The third-order valence-electron chi connectivity index (χ3n) is 3.38. The third-order valence-corrected chi connectivity index (χ3v) is 3.38. The molecule has 1 aromatic carbocycles. The number of nitrogen functional groups attached to an aromatic ring is 1. The summed E-state index contributed by atoms with van der Waals surface area (Å²) in [6.45, 7) is 1.94. The van der Waals surface area contributed by atoms with Crippen LogP contribution in [0.2, 0.25) is 0 Å². The van der Waals surface area contributed by atoms with Gasteiger partial charge in [0.2, 0.25) is 0 Å². The van der Waals surface area contributed by atoms with Crippen molar-refractivity contribution in [3.8, 4) is 11.4 Å². The largest absolute Gasteiger partial charge is 0.393 e. The van der Waals surface area contributed by atoms with Crippen molar-refractivity contribution in [1.82, 2.24) is 9.55 Å². The smallest absolute Gasteiger partial charge is 0.276 e. The van der Waals surface area contributed by atoms with Gasteiger partial charge in [-0.15, -0.1) is 0 Å². The SMILES string of the molecule is CCc1nc(-c2ccc(N(C)C)cc2)n(C)c(=O)c1N. The molecule has 0 fully saturated rings. The molecule has 2 rings (SSSR count). The maximum atomic E-state index is 12.1. The summed E-state index contributed by atoms with van der Waals surface area (Å²) in [5.74, 6) is 0.645. The van der Waals surface area contributed by atoms with Gasteiger partial charge in [-0.2, -0.15) is 0 Å². The van der Waals surface area contributed by atoms with Crippen molar-refractivity contribution in [2.45, 2.75) is 13.3 Å². The number of rotatable bonds is 3. The Morgan fingerprint density at radius 3 is 2.35 bits per heavy atom. The van der Waals surface area contributed by atoms with Crippen molar-refractivity contribution in [3.63, 3.8) is 0 Å². The number of aromatic nitrogens is 2. The van der Waals surface area contributed by atoms with Gasteiger partial charge >= 0.3 is 0 Å². The maximum absolute atomic E-state index is 12.1. The molecule has 0 atom stereocenters. The normalized spacial score (nSPS) is 10.6. The molecule has 0 saturated heterocycles. The Morgan fingerprint density at radius 2 is 1.85 bits per heavy atom. The van der Waals surface area contributed by atoms with Gasteiger partial charge in [-0.25, -0.2) is 4.98 Å². The minimum atomic E-state index is -0.191. The number of nitrogens with two attached hydrogens (primary N) is 1. The van der Waals surface area contributed by atoms with E-state index in [1.807, 2.05) is 50.2 Å². The van der Waals surface area contributed by atoms with Gasteiger partial charge in [-0.3, -0.25) is 9.36 Å². The summed E-state index contributed by atoms with van der Waals surface area (Å²) in [6.07, 6.45) is 0.644. The molecule has 1 aromatic heterocycles. The van der Waals surface area contributed by atoms with Gasteiger partial charge in [0.25, 0.3) is 5.56 Å². The fraction of sp³-hybridized carbons (Fsp3) is 0.333. The molecule has 106 valence electrons. The minimum Gasteiger partial charge on any atom is -0.393 e. The predicted octanol–water partition coefficient (Wildman–Crippen LogP) is 1.66. The topological polar surface area (TPSA) is 64.2 Å². The van der Waals surface area contributed by atoms with Gasteiger partial charge in [-0.1, -0.05) is 6.92 Å². The van der Waals surface area contributed by atoms with Crippen molar-refractivity contribution in [3.05, 3.63) is 40.3 Å². The maximum Gasteiger partial charge on any atom is 0.276 e. The molecule has 2 aromatic rings. The van der Waals surface area contributed by atoms with Crippen LogP contribution in [0.3, 0.4) is 0 Å². The second-order valence-corrected chi connectivity index (χ2v) is 4.95. The highest BCUT2D eigenvalue weighted by Crippen LogP contribution is 2.21. The van der Waals surface area contributed by atoms with Gasteiger partial charge in [0.05, 0.1) is 5.69 Å². The van der Waals surface area contributed by atoms with Crippen LogP contribution in [-0.2, 0) is 13.5 Å². The Balaban J connectivity index is 2.58. The lowest BCUT2D eigenvalue weighted by atomic mass is 10.1. The summed E-state index contributed by atoms with van der Waals surface area (Å²) in [6, 6.07) is 7.94. The van der Waals surface area contributed by atoms with Crippen LogP contribution in [0.25, 0.3) is 11.4 Å². The van der Waals surface area contributed by atoms with Crippen molar-refractivity contribution < 1.29 is 0 Å². The van der Waals surface area contributed by atoms with E-state index < -0.39 is 0 Å². The van der Waals surface area contributed by atoms with E-state index in [4.69, 9.17) is 5.73 Å². The summed E-state index contributed by atoms with van der Waals surface area (Å²) in [5, 5.41) is 0. The highest BCUT2D eigenvalue weighted by Gasteiger charge is 2.12. The molecule has 0 unspecified atom stereocenters. The van der Waals surface area contributed by atoms with E-state index in [1.165, 1.54) is 4.57 Å². The number of hydrogen-bond donors (Lipinski definition) is 1. The first kappa shape index (κ1) is 14.1. The van der Waals surface area contributed by atoms with Crippen LogP contribution < -0.4 is 16.2 Å². The van der Waals surface area contributed by atoms with E-state index in [-0.39, 0.29) is 11.2 Å². The molecule has 1 heterocycles.